The molecule has 0 bridgehead atoms. The molecule has 0 radical (unpaired) electrons. The lowest BCUT2D eigenvalue weighted by Gasteiger charge is -2.18. The molecule has 3 rings (SSSR count). The number of ether oxygens (including phenoxy) is 1. The van der Waals surface area contributed by atoms with Crippen molar-refractivity contribution in [3.8, 4) is 5.75 Å². The zero-order valence-corrected chi connectivity index (χ0v) is 15.4. The average Bonchev–Trinajstić information content (AvgIpc) is 2.65. The molecular formula is C22H21BrO. The minimum Gasteiger partial charge on any atom is -0.497 e. The quantitative estimate of drug-likeness (QED) is 0.492. The van der Waals surface area contributed by atoms with Crippen LogP contribution in [0.15, 0.2) is 83.3 Å². The summed E-state index contributed by atoms with van der Waals surface area (Å²) in [7, 11) is 1.71. The second kappa shape index (κ2) is 8.16. The summed E-state index contributed by atoms with van der Waals surface area (Å²) < 4.78 is 6.42. The van der Waals surface area contributed by atoms with E-state index in [1.807, 2.05) is 12.1 Å². The fourth-order valence-corrected chi connectivity index (χ4v) is 3.27. The fourth-order valence-electron chi connectivity index (χ4n) is 3.01. The molecule has 0 aliphatic heterocycles. The van der Waals surface area contributed by atoms with Gasteiger partial charge in [-0.2, -0.15) is 0 Å². The van der Waals surface area contributed by atoms with Crippen LogP contribution in [0.1, 0.15) is 29.0 Å². The number of aryl methyl sites for hydroxylation is 1. The van der Waals surface area contributed by atoms with E-state index in [-0.39, 0.29) is 0 Å². The summed E-state index contributed by atoms with van der Waals surface area (Å²) in [6, 6.07) is 27.8. The van der Waals surface area contributed by atoms with E-state index in [1.165, 1.54) is 16.7 Å². The van der Waals surface area contributed by atoms with Crippen molar-refractivity contribution >= 4 is 15.9 Å². The number of rotatable bonds is 6. The summed E-state index contributed by atoms with van der Waals surface area (Å²) in [5.41, 5.74) is 4.06. The van der Waals surface area contributed by atoms with Crippen LogP contribution in [0.25, 0.3) is 0 Å². The van der Waals surface area contributed by atoms with Crippen molar-refractivity contribution in [3.63, 3.8) is 0 Å². The maximum absolute atomic E-state index is 5.29. The molecule has 0 saturated heterocycles. The Morgan fingerprint density at radius 3 is 2.04 bits per heavy atom. The summed E-state index contributed by atoms with van der Waals surface area (Å²) in [5.74, 6) is 1.29. The van der Waals surface area contributed by atoms with Crippen LogP contribution in [0.4, 0.5) is 0 Å². The van der Waals surface area contributed by atoms with Gasteiger partial charge in [-0.05, 0) is 53.8 Å². The highest BCUT2D eigenvalue weighted by atomic mass is 79.9. The van der Waals surface area contributed by atoms with Crippen LogP contribution in [0.2, 0.25) is 0 Å². The first kappa shape index (κ1) is 16.8. The highest BCUT2D eigenvalue weighted by molar-refractivity contribution is 9.10. The first-order valence-corrected chi connectivity index (χ1v) is 8.99. The maximum Gasteiger partial charge on any atom is 0.118 e. The molecule has 0 N–H and O–H groups in total. The largest absolute Gasteiger partial charge is 0.497 e. The molecule has 0 aliphatic rings. The van der Waals surface area contributed by atoms with Crippen LogP contribution in [-0.2, 0) is 6.42 Å². The van der Waals surface area contributed by atoms with E-state index in [1.54, 1.807) is 7.11 Å². The summed E-state index contributed by atoms with van der Waals surface area (Å²) in [5, 5.41) is 0. The Hall–Kier alpha value is -2.06. The first-order valence-electron chi connectivity index (χ1n) is 8.19. The van der Waals surface area contributed by atoms with Crippen molar-refractivity contribution in [3.05, 3.63) is 100 Å². The Balaban J connectivity index is 1.83. The van der Waals surface area contributed by atoms with E-state index in [0.717, 1.165) is 23.1 Å². The number of hydrogen-bond donors (Lipinski definition) is 0. The van der Waals surface area contributed by atoms with Gasteiger partial charge < -0.3 is 4.74 Å². The predicted octanol–water partition coefficient (Wildman–Crippen LogP) is 6.22. The summed E-state index contributed by atoms with van der Waals surface area (Å²) in [6.07, 6.45) is 2.14. The van der Waals surface area contributed by atoms with Crippen LogP contribution >= 0.6 is 15.9 Å². The van der Waals surface area contributed by atoms with Gasteiger partial charge in [-0.25, -0.2) is 0 Å². The molecule has 0 heterocycles. The molecule has 0 amide bonds. The van der Waals surface area contributed by atoms with E-state index >= 15 is 0 Å². The minimum absolute atomic E-state index is 0.390. The normalized spacial score (nSPS) is 11.9. The third kappa shape index (κ3) is 4.27. The van der Waals surface area contributed by atoms with Crippen LogP contribution in [-0.4, -0.2) is 7.11 Å². The average molecular weight is 381 g/mol. The van der Waals surface area contributed by atoms with E-state index < -0.39 is 0 Å². The van der Waals surface area contributed by atoms with Gasteiger partial charge in [-0.3, -0.25) is 0 Å². The van der Waals surface area contributed by atoms with E-state index in [9.17, 15) is 0 Å². The molecule has 1 unspecified atom stereocenters. The monoisotopic (exact) mass is 380 g/mol. The van der Waals surface area contributed by atoms with Gasteiger partial charge in [0.2, 0.25) is 0 Å². The molecule has 0 saturated carbocycles. The molecular weight excluding hydrogens is 360 g/mol. The topological polar surface area (TPSA) is 9.23 Å². The predicted molar refractivity (Wildman–Crippen MR) is 104 cm³/mol. The Kier molecular flexibility index (Phi) is 5.71. The smallest absolute Gasteiger partial charge is 0.118 e. The fraction of sp³-hybridized carbons (Fsp3) is 0.182. The van der Waals surface area contributed by atoms with Crippen LogP contribution in [0.5, 0.6) is 5.75 Å². The van der Waals surface area contributed by atoms with Crippen molar-refractivity contribution < 1.29 is 4.74 Å². The van der Waals surface area contributed by atoms with Crippen LogP contribution in [0.3, 0.4) is 0 Å². The zero-order chi connectivity index (χ0) is 16.8. The van der Waals surface area contributed by atoms with E-state index in [4.69, 9.17) is 4.74 Å². The number of methoxy groups -OCH3 is 1. The molecule has 3 aromatic carbocycles. The minimum atomic E-state index is 0.390. The van der Waals surface area contributed by atoms with Crippen molar-refractivity contribution in [1.82, 2.24) is 0 Å². The molecule has 122 valence electrons. The van der Waals surface area contributed by atoms with Gasteiger partial charge >= 0.3 is 0 Å². The Morgan fingerprint density at radius 2 is 1.42 bits per heavy atom. The molecule has 24 heavy (non-hydrogen) atoms. The third-order valence-electron chi connectivity index (χ3n) is 4.36. The molecule has 2 heteroatoms. The van der Waals surface area contributed by atoms with E-state index in [0.29, 0.717) is 5.92 Å². The molecule has 0 fully saturated rings. The molecule has 1 nitrogen and oxygen atoms in total. The molecule has 1 atom stereocenters. The van der Waals surface area contributed by atoms with Crippen molar-refractivity contribution in [2.24, 2.45) is 0 Å². The van der Waals surface area contributed by atoms with Gasteiger partial charge in [-0.15, -0.1) is 0 Å². The van der Waals surface area contributed by atoms with Crippen LogP contribution in [0, 0.1) is 0 Å². The Bertz CT molecular complexity index is 748. The number of halogens is 1. The maximum atomic E-state index is 5.29. The van der Waals surface area contributed by atoms with Crippen LogP contribution < -0.4 is 4.74 Å². The van der Waals surface area contributed by atoms with Crippen molar-refractivity contribution in [2.45, 2.75) is 18.8 Å². The molecule has 0 spiro atoms. The SMILES string of the molecule is COc1ccc(C(CCc2ccc(Br)cc2)c2ccccc2)cc1. The van der Waals surface area contributed by atoms with E-state index in [2.05, 4.69) is 82.7 Å². The number of benzene rings is 3. The lowest BCUT2D eigenvalue weighted by atomic mass is 9.86. The first-order chi connectivity index (χ1) is 11.8. The Morgan fingerprint density at radius 1 is 0.792 bits per heavy atom. The second-order valence-corrected chi connectivity index (χ2v) is 6.82. The summed E-state index contributed by atoms with van der Waals surface area (Å²) in [6.45, 7) is 0. The summed E-state index contributed by atoms with van der Waals surface area (Å²) in [4.78, 5) is 0. The summed E-state index contributed by atoms with van der Waals surface area (Å²) >= 11 is 3.50. The number of hydrogen-bond acceptors (Lipinski definition) is 1. The highest BCUT2D eigenvalue weighted by Gasteiger charge is 2.14. The van der Waals surface area contributed by atoms with Crippen molar-refractivity contribution in [2.75, 3.05) is 7.11 Å². The van der Waals surface area contributed by atoms with Gasteiger partial charge in [-0.1, -0.05) is 70.5 Å². The van der Waals surface area contributed by atoms with Gasteiger partial charge in [0, 0.05) is 10.4 Å². The second-order valence-electron chi connectivity index (χ2n) is 5.90. The van der Waals surface area contributed by atoms with Gasteiger partial charge in [0.1, 0.15) is 5.75 Å². The molecule has 0 aromatic heterocycles. The zero-order valence-electron chi connectivity index (χ0n) is 13.8. The molecule has 3 aromatic rings. The van der Waals surface area contributed by atoms with Crippen molar-refractivity contribution in [1.29, 1.82) is 0 Å². The third-order valence-corrected chi connectivity index (χ3v) is 4.88. The lowest BCUT2D eigenvalue weighted by molar-refractivity contribution is 0.414. The lowest BCUT2D eigenvalue weighted by Crippen LogP contribution is -2.03. The standard InChI is InChI=1S/C22H21BrO/c1-24-21-14-10-19(11-15-21)22(18-5-3-2-4-6-18)16-9-17-7-12-20(23)13-8-17/h2-8,10-15,22H,9,16H2,1H3. The highest BCUT2D eigenvalue weighted by Crippen LogP contribution is 2.30. The van der Waals surface area contributed by atoms with Gasteiger partial charge in [0.25, 0.3) is 0 Å². The molecule has 0 aliphatic carbocycles. The van der Waals surface area contributed by atoms with Gasteiger partial charge in [0.05, 0.1) is 7.11 Å². The Labute approximate surface area is 152 Å². The van der Waals surface area contributed by atoms with Gasteiger partial charge in [0.15, 0.2) is 0 Å².